The molecule has 1 rings (SSSR count). The van der Waals surface area contributed by atoms with E-state index in [-0.39, 0.29) is 17.6 Å². The maximum absolute atomic E-state index is 11.7. The molecule has 0 fully saturated rings. The van der Waals surface area contributed by atoms with Crippen LogP contribution in [0.5, 0.6) is 0 Å². The van der Waals surface area contributed by atoms with Crippen molar-refractivity contribution in [3.05, 3.63) is 29.8 Å². The Morgan fingerprint density at radius 2 is 1.81 bits per heavy atom. The van der Waals surface area contributed by atoms with Crippen LogP contribution in [-0.2, 0) is 19.0 Å². The molecule has 16 heavy (non-hydrogen) atoms. The van der Waals surface area contributed by atoms with Gasteiger partial charge in [0.25, 0.3) is 10.1 Å². The van der Waals surface area contributed by atoms with E-state index in [1.165, 1.54) is 19.2 Å². The Hall–Kier alpha value is -0.910. The molecule has 0 aromatic heterocycles. The zero-order valence-electron chi connectivity index (χ0n) is 9.64. The summed E-state index contributed by atoms with van der Waals surface area (Å²) in [6.07, 6.45) is -0.250. The van der Waals surface area contributed by atoms with Gasteiger partial charge in [0.2, 0.25) is 0 Å². The summed E-state index contributed by atoms with van der Waals surface area (Å²) in [4.78, 5) is 0.168. The van der Waals surface area contributed by atoms with Gasteiger partial charge in [0.1, 0.15) is 0 Å². The number of rotatable bonds is 5. The molecule has 1 unspecified atom stereocenters. The van der Waals surface area contributed by atoms with Crippen LogP contribution in [0.1, 0.15) is 12.5 Å². The van der Waals surface area contributed by atoms with Gasteiger partial charge in [0, 0.05) is 7.11 Å². The highest BCUT2D eigenvalue weighted by molar-refractivity contribution is 7.86. The summed E-state index contributed by atoms with van der Waals surface area (Å²) in [5.74, 6) is 0. The summed E-state index contributed by atoms with van der Waals surface area (Å²) in [7, 11) is -2.16. The minimum atomic E-state index is -3.66. The van der Waals surface area contributed by atoms with Crippen LogP contribution < -0.4 is 0 Å². The zero-order valence-corrected chi connectivity index (χ0v) is 10.5. The average Bonchev–Trinajstić information content (AvgIpc) is 2.26. The highest BCUT2D eigenvalue weighted by Crippen LogP contribution is 2.13. The predicted molar refractivity (Wildman–Crippen MR) is 60.8 cm³/mol. The zero-order chi connectivity index (χ0) is 12.2. The molecule has 0 saturated heterocycles. The van der Waals surface area contributed by atoms with E-state index in [1.54, 1.807) is 19.1 Å². The number of aryl methyl sites for hydroxylation is 1. The molecule has 0 spiro atoms. The molecule has 0 saturated carbocycles. The van der Waals surface area contributed by atoms with Crippen molar-refractivity contribution in [2.75, 3.05) is 13.7 Å². The average molecular weight is 244 g/mol. The number of benzene rings is 1. The third kappa shape index (κ3) is 3.59. The molecule has 0 bridgehead atoms. The molecule has 5 heteroatoms. The van der Waals surface area contributed by atoms with Crippen LogP contribution in [0.25, 0.3) is 0 Å². The summed E-state index contributed by atoms with van der Waals surface area (Å²) in [6.45, 7) is 3.65. The third-order valence-electron chi connectivity index (χ3n) is 2.17. The lowest BCUT2D eigenvalue weighted by Crippen LogP contribution is -2.17. The summed E-state index contributed by atoms with van der Waals surface area (Å²) in [5.41, 5.74) is 1.00. The Kier molecular flexibility index (Phi) is 4.46. The van der Waals surface area contributed by atoms with Crippen LogP contribution in [0.2, 0.25) is 0 Å². The largest absolute Gasteiger partial charge is 0.379 e. The van der Waals surface area contributed by atoms with E-state index in [0.717, 1.165) is 5.56 Å². The van der Waals surface area contributed by atoms with Crippen LogP contribution in [0.4, 0.5) is 0 Å². The van der Waals surface area contributed by atoms with Crippen molar-refractivity contribution in [1.29, 1.82) is 0 Å². The second kappa shape index (κ2) is 5.43. The van der Waals surface area contributed by atoms with Crippen LogP contribution >= 0.6 is 0 Å². The van der Waals surface area contributed by atoms with Crippen molar-refractivity contribution in [2.24, 2.45) is 0 Å². The van der Waals surface area contributed by atoms with Crippen molar-refractivity contribution < 1.29 is 17.3 Å². The van der Waals surface area contributed by atoms with Crippen LogP contribution in [0.15, 0.2) is 29.2 Å². The van der Waals surface area contributed by atoms with E-state index in [2.05, 4.69) is 0 Å². The summed E-state index contributed by atoms with van der Waals surface area (Å²) >= 11 is 0. The molecule has 90 valence electrons. The summed E-state index contributed by atoms with van der Waals surface area (Å²) < 4.78 is 33.1. The van der Waals surface area contributed by atoms with Crippen molar-refractivity contribution in [3.8, 4) is 0 Å². The van der Waals surface area contributed by atoms with Crippen molar-refractivity contribution in [1.82, 2.24) is 0 Å². The summed E-state index contributed by atoms with van der Waals surface area (Å²) in [6, 6.07) is 6.52. The van der Waals surface area contributed by atoms with Crippen LogP contribution in [0, 0.1) is 6.92 Å². The topological polar surface area (TPSA) is 52.6 Å². The van der Waals surface area contributed by atoms with E-state index in [4.69, 9.17) is 8.92 Å². The van der Waals surface area contributed by atoms with Gasteiger partial charge in [-0.25, -0.2) is 0 Å². The quantitative estimate of drug-likeness (QED) is 0.740. The number of hydrogen-bond donors (Lipinski definition) is 0. The molecular formula is C11H16O4S. The molecular weight excluding hydrogens is 228 g/mol. The van der Waals surface area contributed by atoms with Gasteiger partial charge < -0.3 is 4.74 Å². The SMILES string of the molecule is COC(C)COS(=O)(=O)c1ccc(C)cc1. The maximum atomic E-state index is 11.7. The van der Waals surface area contributed by atoms with E-state index < -0.39 is 10.1 Å². The standard InChI is InChI=1S/C11H16O4S/c1-9-4-6-11(7-5-9)16(12,13)15-8-10(2)14-3/h4-7,10H,8H2,1-3H3. The van der Waals surface area contributed by atoms with E-state index in [9.17, 15) is 8.42 Å². The van der Waals surface area contributed by atoms with E-state index >= 15 is 0 Å². The Balaban J connectivity index is 2.74. The normalized spacial score (nSPS) is 13.7. The van der Waals surface area contributed by atoms with Gasteiger partial charge in [-0.2, -0.15) is 8.42 Å². The minimum Gasteiger partial charge on any atom is -0.379 e. The minimum absolute atomic E-state index is 0.0205. The lowest BCUT2D eigenvalue weighted by molar-refractivity contribution is 0.0739. The molecule has 0 amide bonds. The summed E-state index contributed by atoms with van der Waals surface area (Å²) in [5, 5.41) is 0. The molecule has 1 aromatic rings. The molecule has 0 radical (unpaired) electrons. The highest BCUT2D eigenvalue weighted by atomic mass is 32.2. The molecule has 0 aliphatic heterocycles. The Morgan fingerprint density at radius 1 is 1.25 bits per heavy atom. The lowest BCUT2D eigenvalue weighted by Gasteiger charge is -2.10. The van der Waals surface area contributed by atoms with Crippen molar-refractivity contribution in [2.45, 2.75) is 24.8 Å². The Labute approximate surface area is 96.3 Å². The van der Waals surface area contributed by atoms with Gasteiger partial charge in [0.05, 0.1) is 17.6 Å². The van der Waals surface area contributed by atoms with Crippen LogP contribution in [-0.4, -0.2) is 28.2 Å². The molecule has 1 aromatic carbocycles. The second-order valence-electron chi connectivity index (χ2n) is 3.60. The molecule has 0 aliphatic carbocycles. The third-order valence-corrected chi connectivity index (χ3v) is 3.47. The Bertz CT molecular complexity index is 422. The first kappa shape index (κ1) is 13.2. The van der Waals surface area contributed by atoms with Gasteiger partial charge in [-0.1, -0.05) is 17.7 Å². The number of methoxy groups -OCH3 is 1. The fourth-order valence-electron chi connectivity index (χ4n) is 1.03. The van der Waals surface area contributed by atoms with Gasteiger partial charge >= 0.3 is 0 Å². The molecule has 0 heterocycles. The van der Waals surface area contributed by atoms with Gasteiger partial charge in [-0.05, 0) is 26.0 Å². The molecule has 0 N–H and O–H groups in total. The second-order valence-corrected chi connectivity index (χ2v) is 5.21. The molecule has 1 atom stereocenters. The highest BCUT2D eigenvalue weighted by Gasteiger charge is 2.16. The first-order chi connectivity index (χ1) is 7.45. The molecule has 4 nitrogen and oxygen atoms in total. The van der Waals surface area contributed by atoms with E-state index in [1.807, 2.05) is 6.92 Å². The van der Waals surface area contributed by atoms with Crippen LogP contribution in [0.3, 0.4) is 0 Å². The smallest absolute Gasteiger partial charge is 0.297 e. The monoisotopic (exact) mass is 244 g/mol. The van der Waals surface area contributed by atoms with E-state index in [0.29, 0.717) is 0 Å². The van der Waals surface area contributed by atoms with Crippen molar-refractivity contribution in [3.63, 3.8) is 0 Å². The lowest BCUT2D eigenvalue weighted by atomic mass is 10.2. The first-order valence-electron chi connectivity index (χ1n) is 4.94. The first-order valence-corrected chi connectivity index (χ1v) is 6.35. The van der Waals surface area contributed by atoms with Gasteiger partial charge in [0.15, 0.2) is 0 Å². The maximum Gasteiger partial charge on any atom is 0.297 e. The van der Waals surface area contributed by atoms with Gasteiger partial charge in [-0.3, -0.25) is 4.18 Å². The fraction of sp³-hybridized carbons (Fsp3) is 0.455. The fourth-order valence-corrected chi connectivity index (χ4v) is 2.00. The number of hydrogen-bond acceptors (Lipinski definition) is 4. The van der Waals surface area contributed by atoms with Gasteiger partial charge in [-0.15, -0.1) is 0 Å². The molecule has 0 aliphatic rings. The number of ether oxygens (including phenoxy) is 1. The van der Waals surface area contributed by atoms with Crippen molar-refractivity contribution >= 4 is 10.1 Å². The predicted octanol–water partition coefficient (Wildman–Crippen LogP) is 1.74. The Morgan fingerprint density at radius 3 is 2.31 bits per heavy atom.